The van der Waals surface area contributed by atoms with E-state index in [4.69, 9.17) is 4.74 Å². The van der Waals surface area contributed by atoms with Crippen LogP contribution in [0.3, 0.4) is 0 Å². The number of nitrogens with zero attached hydrogens (tertiary/aromatic N) is 1. The van der Waals surface area contributed by atoms with E-state index in [1.54, 1.807) is 18.2 Å². The van der Waals surface area contributed by atoms with Crippen LogP contribution in [-0.4, -0.2) is 47.4 Å². The molecular formula is C13H19NO4. The summed E-state index contributed by atoms with van der Waals surface area (Å²) in [5, 5.41) is 28.4. The van der Waals surface area contributed by atoms with Crippen molar-refractivity contribution in [2.75, 3.05) is 20.3 Å². The second-order valence-corrected chi connectivity index (χ2v) is 4.05. The van der Waals surface area contributed by atoms with Crippen molar-refractivity contribution < 1.29 is 20.1 Å². The third kappa shape index (κ3) is 3.00. The number of benzene rings is 1. The summed E-state index contributed by atoms with van der Waals surface area (Å²) >= 11 is 0. The number of aliphatic hydroxyl groups is 2. The van der Waals surface area contributed by atoms with Crippen molar-refractivity contribution in [1.29, 1.82) is 0 Å². The van der Waals surface area contributed by atoms with Crippen molar-refractivity contribution in [2.45, 2.75) is 18.9 Å². The maximum absolute atomic E-state index is 9.86. The summed E-state index contributed by atoms with van der Waals surface area (Å²) in [6.45, 7) is 1.33. The first-order valence-corrected chi connectivity index (χ1v) is 5.75. The van der Waals surface area contributed by atoms with Gasteiger partial charge in [0.05, 0.1) is 20.3 Å². The van der Waals surface area contributed by atoms with Gasteiger partial charge in [0.25, 0.3) is 0 Å². The van der Waals surface area contributed by atoms with E-state index in [0.29, 0.717) is 17.7 Å². The Balaban J connectivity index is 3.03. The summed E-state index contributed by atoms with van der Waals surface area (Å²) in [5.74, 6) is 0.346. The van der Waals surface area contributed by atoms with Crippen molar-refractivity contribution in [3.05, 3.63) is 23.8 Å². The van der Waals surface area contributed by atoms with Crippen LogP contribution < -0.4 is 4.74 Å². The lowest BCUT2D eigenvalue weighted by Crippen LogP contribution is -2.34. The molecule has 0 aliphatic carbocycles. The number of aromatic hydroxyl groups is 1. The van der Waals surface area contributed by atoms with Crippen molar-refractivity contribution in [1.82, 2.24) is 0 Å². The van der Waals surface area contributed by atoms with Gasteiger partial charge in [-0.3, -0.25) is 4.99 Å². The van der Waals surface area contributed by atoms with E-state index in [1.807, 2.05) is 6.92 Å². The molecule has 0 saturated carbocycles. The van der Waals surface area contributed by atoms with Crippen LogP contribution in [0, 0.1) is 0 Å². The largest absolute Gasteiger partial charge is 0.504 e. The number of methoxy groups -OCH3 is 1. The van der Waals surface area contributed by atoms with E-state index < -0.39 is 5.54 Å². The minimum Gasteiger partial charge on any atom is -0.504 e. The molecule has 5 heteroatoms. The fourth-order valence-corrected chi connectivity index (χ4v) is 1.46. The molecule has 1 aromatic rings. The van der Waals surface area contributed by atoms with Crippen LogP contribution in [0.2, 0.25) is 0 Å². The maximum atomic E-state index is 9.86. The normalized spacial score (nSPS) is 12.0. The second kappa shape index (κ2) is 6.37. The minimum absolute atomic E-state index is 0.00960. The third-order valence-electron chi connectivity index (χ3n) is 2.97. The Hall–Kier alpha value is -1.59. The van der Waals surface area contributed by atoms with Gasteiger partial charge in [-0.1, -0.05) is 13.0 Å². The summed E-state index contributed by atoms with van der Waals surface area (Å²) in [6, 6.07) is 5.04. The third-order valence-corrected chi connectivity index (χ3v) is 2.97. The molecule has 5 nitrogen and oxygen atoms in total. The summed E-state index contributed by atoms with van der Waals surface area (Å²) in [6.07, 6.45) is 1.94. The zero-order valence-electron chi connectivity index (χ0n) is 10.6. The van der Waals surface area contributed by atoms with Crippen molar-refractivity contribution in [3.63, 3.8) is 0 Å². The molecule has 0 aliphatic rings. The van der Waals surface area contributed by atoms with E-state index in [0.717, 1.165) is 0 Å². The smallest absolute Gasteiger partial charge is 0.166 e. The molecule has 1 rings (SSSR count). The Kier molecular flexibility index (Phi) is 5.12. The van der Waals surface area contributed by atoms with E-state index in [2.05, 4.69) is 4.99 Å². The first-order valence-electron chi connectivity index (χ1n) is 5.75. The van der Waals surface area contributed by atoms with Crippen LogP contribution in [0.25, 0.3) is 0 Å². The second-order valence-electron chi connectivity index (χ2n) is 4.05. The van der Waals surface area contributed by atoms with Gasteiger partial charge in [-0.05, 0) is 18.6 Å². The SMILES string of the molecule is CCC(CO)(CO)N=Cc1cccc(OC)c1O. The molecule has 0 atom stereocenters. The van der Waals surface area contributed by atoms with Crippen LogP contribution in [-0.2, 0) is 0 Å². The molecule has 0 spiro atoms. The van der Waals surface area contributed by atoms with Crippen LogP contribution in [0.15, 0.2) is 23.2 Å². The summed E-state index contributed by atoms with van der Waals surface area (Å²) in [4.78, 5) is 4.18. The Morgan fingerprint density at radius 3 is 2.50 bits per heavy atom. The van der Waals surface area contributed by atoms with Gasteiger partial charge in [-0.25, -0.2) is 0 Å². The summed E-state index contributed by atoms with van der Waals surface area (Å²) in [7, 11) is 1.47. The van der Waals surface area contributed by atoms with Crippen LogP contribution in [0.1, 0.15) is 18.9 Å². The van der Waals surface area contributed by atoms with Crippen molar-refractivity contribution in [2.24, 2.45) is 4.99 Å². The van der Waals surface area contributed by atoms with Gasteiger partial charge in [-0.15, -0.1) is 0 Å². The Morgan fingerprint density at radius 1 is 1.33 bits per heavy atom. The van der Waals surface area contributed by atoms with E-state index in [-0.39, 0.29) is 19.0 Å². The summed E-state index contributed by atoms with van der Waals surface area (Å²) in [5.41, 5.74) is -0.427. The molecule has 100 valence electrons. The number of ether oxygens (including phenoxy) is 1. The van der Waals surface area contributed by atoms with Crippen LogP contribution in [0.4, 0.5) is 0 Å². The highest BCUT2D eigenvalue weighted by Gasteiger charge is 2.24. The van der Waals surface area contributed by atoms with Crippen molar-refractivity contribution in [3.8, 4) is 11.5 Å². The van der Waals surface area contributed by atoms with Gasteiger partial charge >= 0.3 is 0 Å². The Morgan fingerprint density at radius 2 is 2.00 bits per heavy atom. The lowest BCUT2D eigenvalue weighted by molar-refractivity contribution is 0.120. The number of phenols is 1. The average Bonchev–Trinajstić information content (AvgIpc) is 2.42. The molecule has 0 bridgehead atoms. The van der Waals surface area contributed by atoms with Gasteiger partial charge in [-0.2, -0.15) is 0 Å². The lowest BCUT2D eigenvalue weighted by atomic mass is 9.99. The Bertz CT molecular complexity index is 405. The molecule has 0 fully saturated rings. The van der Waals surface area contributed by atoms with Gasteiger partial charge in [0.1, 0.15) is 5.54 Å². The lowest BCUT2D eigenvalue weighted by Gasteiger charge is -2.23. The number of hydrogen-bond donors (Lipinski definition) is 3. The Labute approximate surface area is 106 Å². The molecule has 18 heavy (non-hydrogen) atoms. The van der Waals surface area contributed by atoms with Crippen molar-refractivity contribution >= 4 is 6.21 Å². The average molecular weight is 253 g/mol. The molecule has 0 aliphatic heterocycles. The van der Waals surface area contributed by atoms with E-state index >= 15 is 0 Å². The first kappa shape index (κ1) is 14.5. The van der Waals surface area contributed by atoms with Gasteiger partial charge < -0.3 is 20.1 Å². The standard InChI is InChI=1S/C13H19NO4/c1-3-13(8-15,9-16)14-7-10-5-4-6-11(18-2)12(10)17/h4-7,15-17H,3,8-9H2,1-2H3. The van der Waals surface area contributed by atoms with Gasteiger partial charge in [0, 0.05) is 11.8 Å². The number of aliphatic hydroxyl groups excluding tert-OH is 2. The van der Waals surface area contributed by atoms with E-state index in [1.165, 1.54) is 13.3 Å². The molecule has 0 heterocycles. The zero-order chi connectivity index (χ0) is 13.6. The number of phenolic OH excluding ortho intramolecular Hbond substituents is 1. The highest BCUT2D eigenvalue weighted by Crippen LogP contribution is 2.28. The quantitative estimate of drug-likeness (QED) is 0.659. The molecule has 1 aromatic carbocycles. The fourth-order valence-electron chi connectivity index (χ4n) is 1.46. The number of aliphatic imine (C=N–C) groups is 1. The highest BCUT2D eigenvalue weighted by atomic mass is 16.5. The molecule has 3 N–H and O–H groups in total. The number of rotatable bonds is 6. The maximum Gasteiger partial charge on any atom is 0.166 e. The highest BCUT2D eigenvalue weighted by molar-refractivity contribution is 5.85. The number of hydrogen-bond acceptors (Lipinski definition) is 5. The van der Waals surface area contributed by atoms with Gasteiger partial charge in [0.2, 0.25) is 0 Å². The van der Waals surface area contributed by atoms with Gasteiger partial charge in [0.15, 0.2) is 11.5 Å². The summed E-state index contributed by atoms with van der Waals surface area (Å²) < 4.78 is 4.99. The fraction of sp³-hybridized carbons (Fsp3) is 0.462. The van der Waals surface area contributed by atoms with Crippen LogP contribution >= 0.6 is 0 Å². The van der Waals surface area contributed by atoms with Crippen LogP contribution in [0.5, 0.6) is 11.5 Å². The van der Waals surface area contributed by atoms with E-state index in [9.17, 15) is 15.3 Å². The molecule has 0 aromatic heterocycles. The molecular weight excluding hydrogens is 234 g/mol. The number of para-hydroxylation sites is 1. The molecule has 0 amide bonds. The predicted octanol–water partition coefficient (Wildman–Crippen LogP) is 0.953. The minimum atomic E-state index is -0.907. The monoisotopic (exact) mass is 253 g/mol. The molecule has 0 radical (unpaired) electrons. The molecule has 0 saturated heterocycles. The zero-order valence-corrected chi connectivity index (χ0v) is 10.6. The topological polar surface area (TPSA) is 82.3 Å². The first-order chi connectivity index (χ1) is 8.62. The molecule has 0 unspecified atom stereocenters. The predicted molar refractivity (Wildman–Crippen MR) is 69.4 cm³/mol.